The van der Waals surface area contributed by atoms with Crippen molar-refractivity contribution in [2.75, 3.05) is 107 Å². The lowest BCUT2D eigenvalue weighted by molar-refractivity contribution is -0.0642. The van der Waals surface area contributed by atoms with Crippen molar-refractivity contribution < 1.29 is 138 Å². The first kappa shape index (κ1) is 99.3. The molecule has 0 saturated carbocycles. The standard InChI is InChI=1S/C25H28B2FN9O9P2.C25H29BFN9O9P2S.C24H27BFN9O9P2S/c1-40-20-19-14(44-25(20)37-22-15-11(4-6-31-22)30-5-2-3-12(15)35-37)8-42-47(26,38)45-18-13(7-41-48(27,39)46-19)43-24(16(18)28)36-10-34-17-21(29)32-9-33-23(17)36;1-39-20-19-14(43-25(20)36-22-15-11(4-6-30-22)29-5-2-3-12(15)34-36)8-41-47(38,48)45-18-13(7-40-46(26,37)44-19)42-24(16(18)27)35-10-33-17-21(28)31-9-32-23(17)35;25-45(37)39-6-12-18(15(26)23(41-12)34-9-32-16-20(27)30-8-31-22(16)34)44-46(38,47)40-7-13-19(43-45)17(36)24(42-13)35-21-14-10(3-5-29-21)28-4-1-2-11(14)33-35/h4,6,9-10,13-14,16,18-20,24-25,30H,2-3,5,7-8H2,1H3,(H2,29,32,33);4,6,9-10,13-14,16,18-20,24-25,29H,2-3,5,7-8H2,1H3,(H,38,48)(H2,28,31,32);3,5,8-9,12-13,15,17-19,23-24,28,36H,1-2,4,6-7H2,(H,38,47)(H2,27,30,31)/t13-,14-,16?,18+,19?,20+,24-,25-,47?,48?;13-,14-,16?,18+,19?,20+,24-,25-,46?,47?;12-,13-,15?,17+,18+,19?,23-,24-,45?,46?/m111/s1. The van der Waals surface area contributed by atoms with Crippen LogP contribution in [0.2, 0.25) is 0 Å². The Labute approximate surface area is 819 Å². The predicted octanol–water partition coefficient (Wildman–Crippen LogP) is 5.24. The fourth-order valence-corrected chi connectivity index (χ4v) is 26.2. The number of halogens is 3. The van der Waals surface area contributed by atoms with Gasteiger partial charge in [-0.3, -0.25) is 45.5 Å². The number of aliphatic hydroxyl groups is 1. The number of imidazole rings is 3. The first-order valence-corrected chi connectivity index (χ1v) is 56.1. The highest BCUT2D eigenvalue weighted by atomic mass is 32.7. The molecule has 0 bridgehead atoms. The molecule has 69 heteroatoms. The SMILES string of the molecule is [B]P1(=O)OC[C@H]2O[C@@H](n3cnc4c(N)ncnc43)C(F)[C@H]2OP(=O)(S)OC[C@H]2O[C@@H](n3nc4c5c(ccnc53)NCCC4)[C@@H](OC)C2O1.[B]P1(=O)OC[C@H]2O[C@@H](n3cnc4c(N)ncnc43)C(F)[C@H]2OP(O)(=S)OC[C@H]2O[C@@H](n3nc4c5c(ccnc53)NCCC4)[C@@H](O)C2O1.[B]P1(=O)OC[C@H]2O[C@@H](n3cnc4c(N)ncnc43)C(F)[C@H]2OP([B])(=O)OC[C@H]2O[C@@H](n3nc4c5c(ccnc53)NCCC4)[C@@H](OC)C2O1. The summed E-state index contributed by atoms with van der Waals surface area (Å²) in [6.07, 6.45) is -16.2. The fraction of sp³-hybridized carbons (Fsp3) is 0.554. The molecule has 143 heavy (non-hydrogen) atoms. The summed E-state index contributed by atoms with van der Waals surface area (Å²) < 4.78 is 240. The lowest BCUT2D eigenvalue weighted by Crippen LogP contribution is -2.39. The average molecular weight is 2130 g/mol. The summed E-state index contributed by atoms with van der Waals surface area (Å²) in [7, 11) is 9.04. The largest absolute Gasteiger partial charge is 0.386 e. The van der Waals surface area contributed by atoms with Crippen LogP contribution in [0.15, 0.2) is 74.8 Å². The third kappa shape index (κ3) is 18.9. The number of rotatable bonds is 8. The van der Waals surface area contributed by atoms with Gasteiger partial charge in [0, 0.05) is 69.5 Å². The Hall–Kier alpha value is -8.37. The number of fused-ring (bicyclic) bond motifs is 9. The van der Waals surface area contributed by atoms with Gasteiger partial charge in [-0.25, -0.2) is 91.6 Å². The van der Waals surface area contributed by atoms with E-state index >= 15 is 13.2 Å². The number of aromatic nitrogens is 21. The number of pyridine rings is 3. The minimum atomic E-state index is -4.52. The molecule has 54 nitrogen and oxygen atoms in total. The Morgan fingerprint density at radius 2 is 0.720 bits per heavy atom. The zero-order chi connectivity index (χ0) is 99.4. The summed E-state index contributed by atoms with van der Waals surface area (Å²) in [6.45, 7) is -9.59. The quantitative estimate of drug-likeness (QED) is 0.0533. The number of aryl methyl sites for hydroxylation is 3. The van der Waals surface area contributed by atoms with Crippen molar-refractivity contribution in [1.29, 1.82) is 0 Å². The second kappa shape index (κ2) is 39.0. The Bertz CT molecular complexity index is 6940. The van der Waals surface area contributed by atoms with E-state index in [0.717, 1.165) is 89.2 Å². The summed E-state index contributed by atoms with van der Waals surface area (Å²) in [5.41, 5.74) is 25.2. The van der Waals surface area contributed by atoms with Gasteiger partial charge in [0.1, 0.15) is 127 Å². The van der Waals surface area contributed by atoms with E-state index in [2.05, 4.69) is 93.1 Å². The highest BCUT2D eigenvalue weighted by Crippen LogP contribution is 2.62. The van der Waals surface area contributed by atoms with Crippen molar-refractivity contribution in [3.05, 3.63) is 91.8 Å². The van der Waals surface area contributed by atoms with Crippen molar-refractivity contribution in [3.8, 4) is 0 Å². The van der Waals surface area contributed by atoms with Crippen LogP contribution < -0.4 is 33.2 Å². The first-order valence-electron chi connectivity index (χ1n) is 44.4. The van der Waals surface area contributed by atoms with Gasteiger partial charge in [0.2, 0.25) is 30.3 Å². The molecule has 8 radical (unpaired) electrons. The summed E-state index contributed by atoms with van der Waals surface area (Å²) >= 11 is 9.36. The molecule has 752 valence electrons. The normalized spacial score (nSPS) is 37.5. The average Bonchev–Trinajstić information content (AvgIpc) is 1.57. The lowest BCUT2D eigenvalue weighted by atomic mass is 10.1. The molecule has 9 fully saturated rings. The minimum Gasteiger partial charge on any atom is -0.385 e. The van der Waals surface area contributed by atoms with Gasteiger partial charge in [0.05, 0.1) is 91.9 Å². The van der Waals surface area contributed by atoms with E-state index in [-0.39, 0.29) is 50.9 Å². The van der Waals surface area contributed by atoms with Crippen molar-refractivity contribution in [3.63, 3.8) is 0 Å². The highest BCUT2D eigenvalue weighted by molar-refractivity contribution is 8.44. The van der Waals surface area contributed by atoms with Crippen molar-refractivity contribution in [1.82, 2.24) is 103 Å². The number of nitrogens with one attached hydrogen (secondary N) is 3. The molecule has 12 aliphatic rings. The number of nitrogens with two attached hydrogens (primary N) is 3. The Kier molecular flexibility index (Phi) is 27.0. The lowest BCUT2D eigenvalue weighted by Gasteiger charge is -2.30. The molecule has 9 saturated heterocycles. The van der Waals surface area contributed by atoms with Crippen LogP contribution in [-0.4, -0.2) is 327 Å². The fourth-order valence-electron chi connectivity index (χ4n) is 19.3. The van der Waals surface area contributed by atoms with E-state index in [1.807, 2.05) is 18.2 Å². The summed E-state index contributed by atoms with van der Waals surface area (Å²) in [5.74, 6) is 0.210. The van der Waals surface area contributed by atoms with Crippen LogP contribution in [0.3, 0.4) is 0 Å². The van der Waals surface area contributed by atoms with E-state index in [1.165, 1.54) is 70.6 Å². The van der Waals surface area contributed by atoms with Gasteiger partial charge in [0.15, 0.2) is 107 Å². The number of hydrogen-bond donors (Lipinski definition) is 9. The number of aliphatic hydroxyl groups excluding tert-OH is 1. The van der Waals surface area contributed by atoms with Gasteiger partial charge < -0.3 is 122 Å². The molecule has 12 aliphatic heterocycles. The van der Waals surface area contributed by atoms with Crippen molar-refractivity contribution in [2.45, 2.75) is 186 Å². The zero-order valence-electron chi connectivity index (χ0n) is 74.6. The third-order valence-corrected chi connectivity index (χ3v) is 33.1. The van der Waals surface area contributed by atoms with Gasteiger partial charge in [-0.1, -0.05) is 12.2 Å². The van der Waals surface area contributed by atoms with Crippen LogP contribution in [0.1, 0.15) is 73.7 Å². The molecule has 12 aromatic rings. The first-order chi connectivity index (χ1) is 68.6. The number of methoxy groups -OCH3 is 2. The maximum Gasteiger partial charge on any atom is 0.386 e. The van der Waals surface area contributed by atoms with Crippen LogP contribution in [0, 0.1) is 0 Å². The monoisotopic (exact) mass is 2130 g/mol. The van der Waals surface area contributed by atoms with Crippen molar-refractivity contribution >= 4 is 199 Å². The number of thiol groups is 1. The minimum absolute atomic E-state index is 0.0667. The van der Waals surface area contributed by atoms with Crippen LogP contribution in [-0.2, 0) is 146 Å². The van der Waals surface area contributed by atoms with Crippen LogP contribution in [0.5, 0.6) is 0 Å². The number of anilines is 6. The number of nitrogens with zero attached hydrogens (tertiary/aromatic N) is 21. The number of alkyl halides is 3. The molecule has 24 rings (SSSR count). The summed E-state index contributed by atoms with van der Waals surface area (Å²) in [6, 6.07) is 5.57. The molecule has 24 heterocycles. The smallest absolute Gasteiger partial charge is 0.385 e. The molecular weight excluding hydrogens is 2050 g/mol. The Morgan fingerprint density at radius 3 is 1.10 bits per heavy atom. The van der Waals surface area contributed by atoms with Crippen LogP contribution in [0.4, 0.5) is 47.7 Å². The molecular formula is C74H84B4F3N27O27P6S2. The highest BCUT2D eigenvalue weighted by Gasteiger charge is 2.60. The maximum atomic E-state index is 16.1. The third-order valence-electron chi connectivity index (χ3n) is 25.7. The Morgan fingerprint density at radius 1 is 0.413 bits per heavy atom. The molecule has 30 atom stereocenters. The predicted molar refractivity (Wildman–Crippen MR) is 499 cm³/mol. The van der Waals surface area contributed by atoms with Gasteiger partial charge in [0.25, 0.3) is 29.9 Å². The molecule has 0 spiro atoms. The summed E-state index contributed by atoms with van der Waals surface area (Å²) in [5, 5.41) is 38.3. The van der Waals surface area contributed by atoms with Gasteiger partial charge >= 0.3 is 13.5 Å². The van der Waals surface area contributed by atoms with E-state index in [9.17, 15) is 32.8 Å². The van der Waals surface area contributed by atoms with Gasteiger partial charge in [-0.15, -0.1) is 0 Å². The van der Waals surface area contributed by atoms with Gasteiger partial charge in [-0.2, -0.15) is 15.3 Å². The second-order valence-electron chi connectivity index (χ2n) is 34.6. The van der Waals surface area contributed by atoms with Crippen LogP contribution in [0.25, 0.3) is 66.6 Å². The molecule has 0 aliphatic carbocycles. The van der Waals surface area contributed by atoms with E-state index in [1.54, 1.807) is 28.0 Å². The molecule has 12 aromatic heterocycles. The van der Waals surface area contributed by atoms with E-state index in [4.69, 9.17) is 162 Å². The van der Waals surface area contributed by atoms with E-state index in [0.29, 0.717) is 36.2 Å². The molecule has 12 unspecified atom stereocenters. The van der Waals surface area contributed by atoms with Gasteiger partial charge in [-0.05, 0) is 68.5 Å². The molecule has 11 N–H and O–H groups in total. The summed E-state index contributed by atoms with van der Waals surface area (Å²) in [4.78, 5) is 61.0. The van der Waals surface area contributed by atoms with Crippen molar-refractivity contribution in [2.24, 2.45) is 0 Å². The number of nitrogen functional groups attached to an aromatic ring is 3. The number of hydrogen-bond acceptors (Lipinski definition) is 48. The molecule has 0 amide bonds. The Balaban J connectivity index is 0.000000123. The number of ether oxygens (including phenoxy) is 8. The van der Waals surface area contributed by atoms with Crippen LogP contribution >= 0.6 is 55.7 Å². The zero-order valence-corrected chi connectivity index (χ0v) is 81.7. The molecule has 0 aromatic carbocycles. The second-order valence-corrected chi connectivity index (χ2v) is 46.5. The van der Waals surface area contributed by atoms with E-state index < -0.39 is 230 Å². The topological polar surface area (TPSA) is 647 Å². The maximum absolute atomic E-state index is 16.1.